The van der Waals surface area contributed by atoms with Crippen molar-refractivity contribution in [1.29, 1.82) is 0 Å². The molecule has 11 nitrogen and oxygen atoms in total. The van der Waals surface area contributed by atoms with Crippen molar-refractivity contribution in [2.24, 2.45) is 0 Å². The van der Waals surface area contributed by atoms with E-state index in [2.05, 4.69) is 5.32 Å². The normalized spacial score (nSPS) is 9.96. The second-order valence-electron chi connectivity index (χ2n) is 4.75. The molecule has 8 N–H and O–H groups in total. The number of nitrogens with one attached hydrogen (secondary N) is 1. The van der Waals surface area contributed by atoms with Gasteiger partial charge in [-0.1, -0.05) is 0 Å². The molecule has 0 aliphatic rings. The maximum atomic E-state index is 10.6. The Bertz CT molecular complexity index is 893. The molecular formula is C15H17NO10S. The van der Waals surface area contributed by atoms with Crippen molar-refractivity contribution in [1.82, 2.24) is 0 Å². The average molecular weight is 403 g/mol. The number of phenols is 2. The largest absolute Gasteiger partial charge is 0.508 e. The highest BCUT2D eigenvalue weighted by atomic mass is 32.2. The lowest BCUT2D eigenvalue weighted by molar-refractivity contribution is -0.134. The maximum Gasteiger partial charge on any atom is 0.339 e. The molecule has 0 aromatic heterocycles. The molecule has 0 fully saturated rings. The van der Waals surface area contributed by atoms with Gasteiger partial charge in [-0.25, -0.2) is 4.79 Å². The number of aromatic hydroxyl groups is 2. The number of aliphatic carboxylic acids is 1. The predicted molar refractivity (Wildman–Crippen MR) is 92.7 cm³/mol. The van der Waals surface area contributed by atoms with Crippen molar-refractivity contribution in [3.63, 3.8) is 0 Å². The van der Waals surface area contributed by atoms with Crippen molar-refractivity contribution in [2.45, 2.75) is 4.90 Å². The lowest BCUT2D eigenvalue weighted by Gasteiger charge is -2.01. The van der Waals surface area contributed by atoms with E-state index in [-0.39, 0.29) is 17.8 Å². The molecule has 0 aliphatic carbocycles. The molecule has 0 amide bonds. The number of hydrogen-bond donors (Lipinski definition) is 6. The molecule has 0 spiro atoms. The van der Waals surface area contributed by atoms with Gasteiger partial charge in [0.15, 0.2) is 0 Å². The first-order chi connectivity index (χ1) is 12.0. The van der Waals surface area contributed by atoms with E-state index in [1.165, 1.54) is 12.1 Å². The van der Waals surface area contributed by atoms with E-state index in [1.807, 2.05) is 0 Å². The molecule has 0 saturated heterocycles. The second-order valence-corrected chi connectivity index (χ2v) is 6.17. The summed E-state index contributed by atoms with van der Waals surface area (Å²) >= 11 is 0. The van der Waals surface area contributed by atoms with Crippen LogP contribution >= 0.6 is 0 Å². The Balaban J connectivity index is 0.000000488. The number of anilines is 1. The van der Waals surface area contributed by atoms with Gasteiger partial charge < -0.3 is 31.2 Å². The SMILES string of the molecule is O.O=C(O)CNc1ccc(O)cc1.O=C(O)c1cc(S(=O)(=O)O)ccc1O. The highest BCUT2D eigenvalue weighted by Crippen LogP contribution is 2.20. The van der Waals surface area contributed by atoms with Crippen LogP contribution in [0.1, 0.15) is 10.4 Å². The van der Waals surface area contributed by atoms with Gasteiger partial charge in [-0.3, -0.25) is 9.35 Å². The number of aromatic carboxylic acids is 1. The third-order valence-electron chi connectivity index (χ3n) is 2.81. The zero-order valence-electron chi connectivity index (χ0n) is 13.5. The fourth-order valence-electron chi connectivity index (χ4n) is 1.60. The van der Waals surface area contributed by atoms with E-state index < -0.39 is 38.3 Å². The monoisotopic (exact) mass is 403 g/mol. The Hall–Kier alpha value is -3.35. The zero-order chi connectivity index (χ0) is 19.9. The van der Waals surface area contributed by atoms with Gasteiger partial charge in [0.25, 0.3) is 10.1 Å². The molecule has 0 aliphatic heterocycles. The summed E-state index contributed by atoms with van der Waals surface area (Å²) in [6.07, 6.45) is 0. The first kappa shape index (κ1) is 23.6. The molecule has 2 rings (SSSR count). The van der Waals surface area contributed by atoms with Gasteiger partial charge in [-0.2, -0.15) is 8.42 Å². The van der Waals surface area contributed by atoms with Crippen molar-refractivity contribution in [2.75, 3.05) is 11.9 Å². The number of benzene rings is 2. The van der Waals surface area contributed by atoms with E-state index in [1.54, 1.807) is 12.1 Å². The lowest BCUT2D eigenvalue weighted by Crippen LogP contribution is -2.11. The summed E-state index contributed by atoms with van der Waals surface area (Å²) in [6, 6.07) is 8.65. The molecule has 2 aromatic rings. The van der Waals surface area contributed by atoms with E-state index >= 15 is 0 Å². The Morgan fingerprint density at radius 2 is 1.52 bits per heavy atom. The Labute approximate surface area is 153 Å². The lowest BCUT2D eigenvalue weighted by atomic mass is 10.2. The van der Waals surface area contributed by atoms with Crippen LogP contribution < -0.4 is 5.32 Å². The van der Waals surface area contributed by atoms with Crippen LogP contribution in [0.5, 0.6) is 11.5 Å². The first-order valence-corrected chi connectivity index (χ1v) is 8.23. The fourth-order valence-corrected chi connectivity index (χ4v) is 2.11. The molecule has 0 saturated carbocycles. The van der Waals surface area contributed by atoms with Gasteiger partial charge >= 0.3 is 11.9 Å². The summed E-state index contributed by atoms with van der Waals surface area (Å²) in [5.41, 5.74) is 0.0929. The molecule has 0 bridgehead atoms. The standard InChI is InChI=1S/C8H9NO3.C7H6O6S.H2O/c10-7-3-1-6(2-4-7)9-5-8(11)12;8-6-2-1-4(14(11,12)13)3-5(6)7(9)10;/h1-4,9-10H,5H2,(H,11,12);1-3,8H,(H,9,10)(H,11,12,13);1H2. The summed E-state index contributed by atoms with van der Waals surface area (Å²) in [5.74, 6) is -2.79. The molecular weight excluding hydrogens is 386 g/mol. The average Bonchev–Trinajstić information content (AvgIpc) is 2.54. The van der Waals surface area contributed by atoms with Gasteiger partial charge in [-0.15, -0.1) is 0 Å². The molecule has 148 valence electrons. The summed E-state index contributed by atoms with van der Waals surface area (Å²) < 4.78 is 29.8. The maximum absolute atomic E-state index is 10.6. The quantitative estimate of drug-likeness (QED) is 0.298. The van der Waals surface area contributed by atoms with Crippen molar-refractivity contribution < 1.29 is 48.5 Å². The topological polar surface area (TPSA) is 213 Å². The predicted octanol–water partition coefficient (Wildman–Crippen LogP) is 0.401. The zero-order valence-corrected chi connectivity index (χ0v) is 14.3. The highest BCUT2D eigenvalue weighted by molar-refractivity contribution is 7.85. The molecule has 0 radical (unpaired) electrons. The van der Waals surface area contributed by atoms with Gasteiger partial charge in [0.2, 0.25) is 0 Å². The van der Waals surface area contributed by atoms with Gasteiger partial charge in [0, 0.05) is 5.69 Å². The van der Waals surface area contributed by atoms with Gasteiger partial charge in [0.1, 0.15) is 23.6 Å². The minimum absolute atomic E-state index is 0. The molecule has 27 heavy (non-hydrogen) atoms. The Kier molecular flexibility index (Phi) is 8.72. The minimum Gasteiger partial charge on any atom is -0.508 e. The van der Waals surface area contributed by atoms with Crippen LogP contribution in [-0.2, 0) is 14.9 Å². The summed E-state index contributed by atoms with van der Waals surface area (Å²) in [5, 5.41) is 37.4. The van der Waals surface area contributed by atoms with Crippen LogP contribution in [0.4, 0.5) is 5.69 Å². The van der Waals surface area contributed by atoms with Crippen LogP contribution in [0.25, 0.3) is 0 Å². The number of carbonyl (C=O) groups is 2. The number of phenolic OH excluding ortho intramolecular Hbond substituents is 1. The van der Waals surface area contributed by atoms with Crippen LogP contribution in [0, 0.1) is 0 Å². The molecule has 2 aromatic carbocycles. The Morgan fingerprint density at radius 1 is 0.963 bits per heavy atom. The van der Waals surface area contributed by atoms with Gasteiger partial charge in [0.05, 0.1) is 4.90 Å². The smallest absolute Gasteiger partial charge is 0.339 e. The number of hydrogen-bond acceptors (Lipinski definition) is 7. The van der Waals surface area contributed by atoms with Crippen molar-refractivity contribution >= 4 is 27.7 Å². The summed E-state index contributed by atoms with van der Waals surface area (Å²) in [4.78, 5) is 20.0. The molecule has 0 heterocycles. The minimum atomic E-state index is -4.45. The van der Waals surface area contributed by atoms with Crippen molar-refractivity contribution in [3.8, 4) is 11.5 Å². The Morgan fingerprint density at radius 3 is 1.96 bits per heavy atom. The first-order valence-electron chi connectivity index (χ1n) is 6.79. The van der Waals surface area contributed by atoms with Crippen LogP contribution in [0.2, 0.25) is 0 Å². The number of carboxylic acid groups (broad SMARTS) is 2. The van der Waals surface area contributed by atoms with E-state index in [0.29, 0.717) is 11.8 Å². The highest BCUT2D eigenvalue weighted by Gasteiger charge is 2.16. The third-order valence-corrected chi connectivity index (χ3v) is 3.66. The number of rotatable bonds is 5. The van der Waals surface area contributed by atoms with E-state index in [0.717, 1.165) is 12.1 Å². The summed E-state index contributed by atoms with van der Waals surface area (Å²) in [6.45, 7) is -0.120. The van der Waals surface area contributed by atoms with E-state index in [9.17, 15) is 18.0 Å². The fraction of sp³-hybridized carbons (Fsp3) is 0.0667. The van der Waals surface area contributed by atoms with Crippen molar-refractivity contribution in [3.05, 3.63) is 48.0 Å². The second kappa shape index (κ2) is 9.96. The van der Waals surface area contributed by atoms with Crippen LogP contribution in [0.15, 0.2) is 47.4 Å². The molecule has 12 heteroatoms. The molecule has 0 unspecified atom stereocenters. The van der Waals surface area contributed by atoms with Crippen LogP contribution in [0.3, 0.4) is 0 Å². The molecule has 0 atom stereocenters. The third kappa shape index (κ3) is 8.04. The number of carboxylic acids is 2. The summed E-state index contributed by atoms with van der Waals surface area (Å²) in [7, 11) is -4.45. The van der Waals surface area contributed by atoms with Gasteiger partial charge in [-0.05, 0) is 42.5 Å². The van der Waals surface area contributed by atoms with E-state index in [4.69, 9.17) is 25.0 Å². The van der Waals surface area contributed by atoms with Crippen LogP contribution in [-0.4, -0.2) is 57.4 Å².